The zero-order valence-electron chi connectivity index (χ0n) is 7.07. The highest BCUT2D eigenvalue weighted by Gasteiger charge is 2.02. The molecule has 0 atom stereocenters. The second kappa shape index (κ2) is 3.51. The van der Waals surface area contributed by atoms with Crippen LogP contribution < -0.4 is 5.73 Å². The normalized spacial score (nSPS) is 10.8. The van der Waals surface area contributed by atoms with E-state index in [-0.39, 0.29) is 0 Å². The van der Waals surface area contributed by atoms with E-state index in [0.29, 0.717) is 0 Å². The quantitative estimate of drug-likeness (QED) is 0.592. The summed E-state index contributed by atoms with van der Waals surface area (Å²) in [5.41, 5.74) is 8.37. The van der Waals surface area contributed by atoms with Gasteiger partial charge in [0.2, 0.25) is 0 Å². The van der Waals surface area contributed by atoms with Crippen LogP contribution in [0.5, 0.6) is 0 Å². The maximum absolute atomic E-state index is 5.65. The molecule has 0 aliphatic carbocycles. The number of aromatic nitrogens is 2. The van der Waals surface area contributed by atoms with Crippen LogP contribution in [0.3, 0.4) is 0 Å². The molecule has 0 unspecified atom stereocenters. The minimum atomic E-state index is 0.761. The molecule has 0 fully saturated rings. The van der Waals surface area contributed by atoms with Crippen LogP contribution in [-0.2, 0) is 0 Å². The molecule has 0 saturated heterocycles. The van der Waals surface area contributed by atoms with Crippen molar-refractivity contribution < 1.29 is 0 Å². The Labute approximate surface area is 83.9 Å². The molecule has 68 valence electrons. The summed E-state index contributed by atoms with van der Waals surface area (Å²) in [6, 6.07) is 5.68. The molecule has 0 aliphatic heterocycles. The molecule has 1 heterocycles. The van der Waals surface area contributed by atoms with Gasteiger partial charge in [0.1, 0.15) is 0 Å². The number of nitrogens with zero attached hydrogens (tertiary/aromatic N) is 1. The van der Waals surface area contributed by atoms with Gasteiger partial charge in [-0.05, 0) is 35.2 Å². The van der Waals surface area contributed by atoms with Gasteiger partial charge in [-0.25, -0.2) is 4.98 Å². The summed E-state index contributed by atoms with van der Waals surface area (Å²) in [6.45, 7) is 0. The zero-order valence-corrected chi connectivity index (χ0v) is 8.71. The summed E-state index contributed by atoms with van der Waals surface area (Å²) in [6.07, 6.45) is 2.02. The van der Waals surface area contributed by atoms with Crippen LogP contribution in [0.1, 0.15) is 0 Å². The number of nitrogens with one attached hydrogen (secondary N) is 1. The van der Waals surface area contributed by atoms with Gasteiger partial charge in [-0.15, -0.1) is 0 Å². The van der Waals surface area contributed by atoms with Crippen LogP contribution in [-0.4, -0.2) is 16.2 Å². The molecule has 0 saturated carbocycles. The van der Waals surface area contributed by atoms with Crippen LogP contribution in [0.25, 0.3) is 11.0 Å². The Hall–Kier alpha value is -0.810. The van der Waals surface area contributed by atoms with Crippen molar-refractivity contribution in [3.63, 3.8) is 0 Å². The number of H-pyrrole nitrogens is 1. The average molecular weight is 211 g/mol. The zero-order chi connectivity index (χ0) is 9.26. The molecule has 0 radical (unpaired) electrons. The van der Waals surface area contributed by atoms with Crippen molar-refractivity contribution in [2.45, 2.75) is 5.16 Å². The molecular formula is C8H9N3S2. The Morgan fingerprint density at radius 2 is 2.31 bits per heavy atom. The lowest BCUT2D eigenvalue weighted by Gasteiger charge is -1.89. The summed E-state index contributed by atoms with van der Waals surface area (Å²) in [4.78, 5) is 7.56. The van der Waals surface area contributed by atoms with E-state index in [9.17, 15) is 0 Å². The van der Waals surface area contributed by atoms with Gasteiger partial charge in [0.25, 0.3) is 0 Å². The molecule has 3 N–H and O–H groups in total. The molecule has 2 aromatic rings. The fourth-order valence-electron chi connectivity index (χ4n) is 1.12. The van der Waals surface area contributed by atoms with Crippen LogP contribution in [0.4, 0.5) is 5.69 Å². The van der Waals surface area contributed by atoms with E-state index in [2.05, 4.69) is 9.97 Å². The van der Waals surface area contributed by atoms with Gasteiger partial charge in [-0.3, -0.25) is 0 Å². The van der Waals surface area contributed by atoms with Gasteiger partial charge < -0.3 is 10.7 Å². The second-order valence-electron chi connectivity index (χ2n) is 2.57. The van der Waals surface area contributed by atoms with Crippen LogP contribution in [0.15, 0.2) is 23.4 Å². The van der Waals surface area contributed by atoms with Crippen LogP contribution >= 0.6 is 21.6 Å². The van der Waals surface area contributed by atoms with Gasteiger partial charge in [-0.2, -0.15) is 0 Å². The number of aromatic amines is 1. The van der Waals surface area contributed by atoms with E-state index >= 15 is 0 Å². The SMILES string of the molecule is CSSc1nc2ccc(N)cc2[nH]1. The van der Waals surface area contributed by atoms with Crippen LogP contribution in [0.2, 0.25) is 0 Å². The standard InChI is InChI=1S/C8H9N3S2/c1-12-13-8-10-6-3-2-5(9)4-7(6)11-8/h2-4H,9H2,1H3,(H,10,11). The Morgan fingerprint density at radius 3 is 3.08 bits per heavy atom. The molecule has 0 spiro atoms. The minimum absolute atomic E-state index is 0.761. The molecule has 0 amide bonds. The number of hydrogen-bond donors (Lipinski definition) is 2. The van der Waals surface area contributed by atoms with E-state index in [1.165, 1.54) is 0 Å². The van der Waals surface area contributed by atoms with Gasteiger partial charge in [0, 0.05) is 5.69 Å². The lowest BCUT2D eigenvalue weighted by Crippen LogP contribution is -1.82. The number of benzene rings is 1. The summed E-state index contributed by atoms with van der Waals surface area (Å²) >= 11 is 0. The summed E-state index contributed by atoms with van der Waals surface area (Å²) in [5, 5.41) is 0.924. The molecule has 13 heavy (non-hydrogen) atoms. The molecule has 1 aromatic heterocycles. The molecule has 0 bridgehead atoms. The number of anilines is 1. The first-order chi connectivity index (χ1) is 6.29. The van der Waals surface area contributed by atoms with Crippen molar-refractivity contribution >= 4 is 38.3 Å². The van der Waals surface area contributed by atoms with Crippen LogP contribution in [0, 0.1) is 0 Å². The third-order valence-corrected chi connectivity index (χ3v) is 3.14. The van der Waals surface area contributed by atoms with Crippen molar-refractivity contribution in [2.24, 2.45) is 0 Å². The van der Waals surface area contributed by atoms with Gasteiger partial charge in [0.05, 0.1) is 11.0 Å². The lowest BCUT2D eigenvalue weighted by molar-refractivity contribution is 1.09. The van der Waals surface area contributed by atoms with Gasteiger partial charge in [0.15, 0.2) is 5.16 Å². The number of nitrogen functional groups attached to an aromatic ring is 1. The maximum atomic E-state index is 5.65. The van der Waals surface area contributed by atoms with Gasteiger partial charge in [-0.1, -0.05) is 10.8 Å². The topological polar surface area (TPSA) is 54.7 Å². The molecule has 1 aromatic carbocycles. The Balaban J connectivity index is 2.49. The van der Waals surface area contributed by atoms with Crippen molar-refractivity contribution in [3.8, 4) is 0 Å². The fraction of sp³-hybridized carbons (Fsp3) is 0.125. The third-order valence-electron chi connectivity index (χ3n) is 1.65. The maximum Gasteiger partial charge on any atom is 0.177 e. The van der Waals surface area contributed by atoms with Crippen molar-refractivity contribution in [1.29, 1.82) is 0 Å². The first kappa shape index (κ1) is 8.77. The highest BCUT2D eigenvalue weighted by Crippen LogP contribution is 2.28. The fourth-order valence-corrected chi connectivity index (χ4v) is 2.28. The first-order valence-corrected chi connectivity index (χ1v) is 6.31. The number of hydrogen-bond acceptors (Lipinski definition) is 4. The molecule has 2 rings (SSSR count). The second-order valence-corrected chi connectivity index (χ2v) is 4.96. The predicted molar refractivity (Wildman–Crippen MR) is 59.9 cm³/mol. The monoisotopic (exact) mass is 211 g/mol. The predicted octanol–water partition coefficient (Wildman–Crippen LogP) is 2.52. The van der Waals surface area contributed by atoms with E-state index in [1.807, 2.05) is 24.5 Å². The number of imidazole rings is 1. The van der Waals surface area contributed by atoms with E-state index < -0.39 is 0 Å². The molecule has 0 aliphatic rings. The highest BCUT2D eigenvalue weighted by atomic mass is 33.1. The van der Waals surface area contributed by atoms with Gasteiger partial charge >= 0.3 is 0 Å². The number of rotatable bonds is 2. The average Bonchev–Trinajstić information content (AvgIpc) is 2.46. The van der Waals surface area contributed by atoms with E-state index in [1.54, 1.807) is 21.6 Å². The smallest absolute Gasteiger partial charge is 0.177 e. The number of nitrogens with two attached hydrogens (primary N) is 1. The Kier molecular flexibility index (Phi) is 2.37. The highest BCUT2D eigenvalue weighted by molar-refractivity contribution is 8.76. The Morgan fingerprint density at radius 1 is 1.46 bits per heavy atom. The van der Waals surface area contributed by atoms with E-state index in [4.69, 9.17) is 5.73 Å². The summed E-state index contributed by atoms with van der Waals surface area (Å²) in [5.74, 6) is 0. The first-order valence-electron chi connectivity index (χ1n) is 3.75. The largest absolute Gasteiger partial charge is 0.399 e. The molecular weight excluding hydrogens is 202 g/mol. The van der Waals surface area contributed by atoms with Crippen molar-refractivity contribution in [1.82, 2.24) is 9.97 Å². The third kappa shape index (κ3) is 1.76. The minimum Gasteiger partial charge on any atom is -0.399 e. The number of fused-ring (bicyclic) bond motifs is 1. The van der Waals surface area contributed by atoms with E-state index in [0.717, 1.165) is 21.9 Å². The molecule has 3 nitrogen and oxygen atoms in total. The lowest BCUT2D eigenvalue weighted by atomic mass is 10.3. The van der Waals surface area contributed by atoms with Crippen molar-refractivity contribution in [3.05, 3.63) is 18.2 Å². The summed E-state index contributed by atoms with van der Waals surface area (Å²) < 4.78 is 0. The summed E-state index contributed by atoms with van der Waals surface area (Å²) in [7, 11) is 3.28. The molecule has 5 heteroatoms. The Bertz CT molecular complexity index is 424. The van der Waals surface area contributed by atoms with Crippen molar-refractivity contribution in [2.75, 3.05) is 12.0 Å².